The van der Waals surface area contributed by atoms with Crippen molar-refractivity contribution in [3.05, 3.63) is 17.7 Å². The van der Waals surface area contributed by atoms with Gasteiger partial charge >= 0.3 is 6.18 Å². The second-order valence-electron chi connectivity index (χ2n) is 4.82. The monoisotopic (exact) mass is 306 g/mol. The van der Waals surface area contributed by atoms with Crippen LogP contribution in [0.4, 0.5) is 24.8 Å². The third-order valence-corrected chi connectivity index (χ3v) is 2.63. The Morgan fingerprint density at radius 1 is 1.24 bits per heavy atom. The van der Waals surface area contributed by atoms with Crippen LogP contribution in [0.2, 0.25) is 0 Å². The van der Waals surface area contributed by atoms with Gasteiger partial charge in [0.15, 0.2) is 0 Å². The second kappa shape index (κ2) is 8.04. The van der Waals surface area contributed by atoms with Gasteiger partial charge in [0.05, 0.1) is 11.7 Å². The molecular formula is C13H21F3N4O. The van der Waals surface area contributed by atoms with Gasteiger partial charge in [-0.1, -0.05) is 0 Å². The first kappa shape index (κ1) is 17.5. The largest absolute Gasteiger partial charge is 0.416 e. The van der Waals surface area contributed by atoms with Crippen molar-refractivity contribution in [1.82, 2.24) is 4.98 Å². The molecule has 0 radical (unpaired) electrons. The molecule has 0 atom stereocenters. The Morgan fingerprint density at radius 2 is 1.90 bits per heavy atom. The Morgan fingerprint density at radius 3 is 2.48 bits per heavy atom. The minimum Gasteiger partial charge on any atom is -0.379 e. The normalized spacial score (nSPS) is 11.8. The van der Waals surface area contributed by atoms with Gasteiger partial charge < -0.3 is 15.5 Å². The summed E-state index contributed by atoms with van der Waals surface area (Å²) in [6.45, 7) is 5.04. The van der Waals surface area contributed by atoms with Crippen molar-refractivity contribution in [1.29, 1.82) is 0 Å². The number of pyridine rings is 1. The molecule has 21 heavy (non-hydrogen) atoms. The number of unbranched alkanes of at least 4 members (excludes halogenated alkanes) is 1. The molecule has 0 saturated heterocycles. The Labute approximate surface area is 122 Å². The quantitative estimate of drug-likeness (QED) is 0.391. The van der Waals surface area contributed by atoms with Crippen molar-refractivity contribution in [3.8, 4) is 0 Å². The van der Waals surface area contributed by atoms with E-state index in [1.807, 2.05) is 13.8 Å². The number of hydrazine groups is 1. The van der Waals surface area contributed by atoms with E-state index in [1.54, 1.807) is 0 Å². The van der Waals surface area contributed by atoms with E-state index < -0.39 is 11.7 Å². The maximum absolute atomic E-state index is 12.7. The fraction of sp³-hybridized carbons (Fsp3) is 0.615. The third kappa shape index (κ3) is 6.63. The zero-order valence-electron chi connectivity index (χ0n) is 12.1. The van der Waals surface area contributed by atoms with E-state index in [0.717, 1.165) is 25.0 Å². The molecule has 8 heteroatoms. The van der Waals surface area contributed by atoms with Crippen LogP contribution in [-0.2, 0) is 10.9 Å². The smallest absolute Gasteiger partial charge is 0.379 e. The van der Waals surface area contributed by atoms with Crippen LogP contribution in [0.1, 0.15) is 32.3 Å². The van der Waals surface area contributed by atoms with E-state index in [-0.39, 0.29) is 17.7 Å². The molecule has 0 aromatic carbocycles. The first-order chi connectivity index (χ1) is 9.82. The summed E-state index contributed by atoms with van der Waals surface area (Å²) in [6, 6.07) is 1.83. The highest BCUT2D eigenvalue weighted by atomic mass is 19.4. The van der Waals surface area contributed by atoms with Gasteiger partial charge in [-0.3, -0.25) is 0 Å². The van der Waals surface area contributed by atoms with Gasteiger partial charge in [-0.05, 0) is 38.8 Å². The first-order valence-electron chi connectivity index (χ1n) is 6.74. The van der Waals surface area contributed by atoms with Crippen molar-refractivity contribution in [2.24, 2.45) is 5.84 Å². The fourth-order valence-electron chi connectivity index (χ4n) is 1.62. The number of nitrogens with zero attached hydrogens (tertiary/aromatic N) is 1. The molecule has 0 unspecified atom stereocenters. The van der Waals surface area contributed by atoms with E-state index in [0.29, 0.717) is 13.2 Å². The summed E-state index contributed by atoms with van der Waals surface area (Å²) < 4.78 is 43.5. The number of anilines is 2. The number of hydrogen-bond donors (Lipinski definition) is 3. The van der Waals surface area contributed by atoms with E-state index >= 15 is 0 Å². The molecule has 0 spiro atoms. The standard InChI is InChI=1S/C13H21F3N4O/c1-9(2)21-6-4-3-5-18-11-7-10(13(14,15)16)8-12(19-11)20-17/h7-9H,3-6,17H2,1-2H3,(H2,18,19,20). The van der Waals surface area contributed by atoms with Crippen molar-refractivity contribution < 1.29 is 17.9 Å². The molecule has 0 bridgehead atoms. The highest BCUT2D eigenvalue weighted by Gasteiger charge is 2.31. The molecule has 120 valence electrons. The highest BCUT2D eigenvalue weighted by molar-refractivity contribution is 5.49. The minimum absolute atomic E-state index is 0.0320. The number of aromatic nitrogens is 1. The van der Waals surface area contributed by atoms with Gasteiger partial charge in [-0.25, -0.2) is 10.8 Å². The van der Waals surface area contributed by atoms with Crippen LogP contribution in [0.3, 0.4) is 0 Å². The van der Waals surface area contributed by atoms with Crippen molar-refractivity contribution >= 4 is 11.6 Å². The first-order valence-corrected chi connectivity index (χ1v) is 6.74. The summed E-state index contributed by atoms with van der Waals surface area (Å²) in [6.07, 6.45) is -2.65. The Bertz CT molecular complexity index is 438. The summed E-state index contributed by atoms with van der Waals surface area (Å²) in [5.74, 6) is 5.24. The zero-order chi connectivity index (χ0) is 15.9. The Kier molecular flexibility index (Phi) is 6.70. The highest BCUT2D eigenvalue weighted by Crippen LogP contribution is 2.31. The Hall–Kier alpha value is -1.54. The molecule has 0 saturated carbocycles. The number of alkyl halides is 3. The predicted molar refractivity (Wildman–Crippen MR) is 75.9 cm³/mol. The van der Waals surface area contributed by atoms with Crippen molar-refractivity contribution in [3.63, 3.8) is 0 Å². The topological polar surface area (TPSA) is 72.2 Å². The summed E-state index contributed by atoms with van der Waals surface area (Å²) in [4.78, 5) is 3.93. The summed E-state index contributed by atoms with van der Waals surface area (Å²) in [5.41, 5.74) is 1.34. The number of nitrogens with two attached hydrogens (primary N) is 1. The van der Waals surface area contributed by atoms with E-state index in [4.69, 9.17) is 10.6 Å². The molecule has 0 fully saturated rings. The Balaban J connectivity index is 2.51. The molecular weight excluding hydrogens is 285 g/mol. The number of nitrogens with one attached hydrogen (secondary N) is 2. The fourth-order valence-corrected chi connectivity index (χ4v) is 1.62. The van der Waals surface area contributed by atoms with Crippen molar-refractivity contribution in [2.75, 3.05) is 23.9 Å². The third-order valence-electron chi connectivity index (χ3n) is 2.63. The minimum atomic E-state index is -4.43. The molecule has 1 heterocycles. The lowest BCUT2D eigenvalue weighted by Gasteiger charge is -2.12. The number of nitrogen functional groups attached to an aromatic ring is 1. The van der Waals surface area contributed by atoms with Crippen LogP contribution in [0, 0.1) is 0 Å². The lowest BCUT2D eigenvalue weighted by molar-refractivity contribution is -0.137. The lowest BCUT2D eigenvalue weighted by Crippen LogP contribution is -2.14. The lowest BCUT2D eigenvalue weighted by atomic mass is 10.2. The van der Waals surface area contributed by atoms with Gasteiger partial charge in [-0.15, -0.1) is 0 Å². The van der Waals surface area contributed by atoms with Crippen LogP contribution >= 0.6 is 0 Å². The van der Waals surface area contributed by atoms with E-state index in [9.17, 15) is 13.2 Å². The van der Waals surface area contributed by atoms with E-state index in [1.165, 1.54) is 0 Å². The van der Waals surface area contributed by atoms with Crippen molar-refractivity contribution in [2.45, 2.75) is 39.0 Å². The van der Waals surface area contributed by atoms with Gasteiger partial charge in [0, 0.05) is 13.2 Å². The summed E-state index contributed by atoms with van der Waals surface area (Å²) >= 11 is 0. The molecule has 5 nitrogen and oxygen atoms in total. The predicted octanol–water partition coefficient (Wildman–Crippen LogP) is 3.00. The number of rotatable bonds is 8. The van der Waals surface area contributed by atoms with Crippen LogP contribution in [0.15, 0.2) is 12.1 Å². The number of halogens is 3. The van der Waals surface area contributed by atoms with Crippen LogP contribution < -0.4 is 16.6 Å². The number of hydrogen-bond acceptors (Lipinski definition) is 5. The van der Waals surface area contributed by atoms with Gasteiger partial charge in [0.2, 0.25) is 0 Å². The molecule has 0 amide bonds. The van der Waals surface area contributed by atoms with Gasteiger partial charge in [-0.2, -0.15) is 13.2 Å². The van der Waals surface area contributed by atoms with Gasteiger partial charge in [0.1, 0.15) is 11.6 Å². The average molecular weight is 306 g/mol. The molecule has 0 aliphatic carbocycles. The van der Waals surface area contributed by atoms with Crippen LogP contribution in [0.25, 0.3) is 0 Å². The van der Waals surface area contributed by atoms with E-state index in [2.05, 4.69) is 15.7 Å². The second-order valence-corrected chi connectivity index (χ2v) is 4.82. The average Bonchev–Trinajstić information content (AvgIpc) is 2.41. The molecule has 0 aliphatic heterocycles. The molecule has 1 aromatic rings. The van der Waals surface area contributed by atoms with Gasteiger partial charge in [0.25, 0.3) is 0 Å². The van der Waals surface area contributed by atoms with Crippen LogP contribution in [-0.4, -0.2) is 24.2 Å². The maximum Gasteiger partial charge on any atom is 0.416 e. The number of ether oxygens (including phenoxy) is 1. The maximum atomic E-state index is 12.7. The summed E-state index contributed by atoms with van der Waals surface area (Å²) in [7, 11) is 0. The zero-order valence-corrected chi connectivity index (χ0v) is 12.1. The SMILES string of the molecule is CC(C)OCCCCNc1cc(C(F)(F)F)cc(NN)n1. The molecule has 0 aliphatic rings. The molecule has 4 N–H and O–H groups in total. The molecule has 1 rings (SSSR count). The summed E-state index contributed by atoms with van der Waals surface area (Å²) in [5, 5.41) is 2.86. The molecule has 1 aromatic heterocycles. The van der Waals surface area contributed by atoms with Crippen LogP contribution in [0.5, 0.6) is 0 Å².